The predicted molar refractivity (Wildman–Crippen MR) is 91.8 cm³/mol. The van der Waals surface area contributed by atoms with E-state index in [4.69, 9.17) is 0 Å². The van der Waals surface area contributed by atoms with E-state index in [0.29, 0.717) is 6.54 Å². The summed E-state index contributed by atoms with van der Waals surface area (Å²) in [6.07, 6.45) is 4.21. The van der Waals surface area contributed by atoms with E-state index in [-0.39, 0.29) is 11.3 Å². The fourth-order valence-electron chi connectivity index (χ4n) is 3.17. The molecule has 1 aliphatic carbocycles. The number of carbonyl (C=O) groups excluding carboxylic acids is 1. The normalized spacial score (nSPS) is 18.3. The summed E-state index contributed by atoms with van der Waals surface area (Å²) in [6, 6.07) is 6.01. The maximum absolute atomic E-state index is 12.2. The van der Waals surface area contributed by atoms with Crippen LogP contribution in [0.1, 0.15) is 58.8 Å². The molecule has 0 aromatic carbocycles. The largest absolute Gasteiger partial charge is 0.388 e. The summed E-state index contributed by atoms with van der Waals surface area (Å²) >= 11 is 3.23. The molecule has 118 valence electrons. The van der Waals surface area contributed by atoms with Gasteiger partial charge in [-0.15, -0.1) is 11.3 Å². The van der Waals surface area contributed by atoms with Crippen molar-refractivity contribution in [2.75, 3.05) is 6.54 Å². The van der Waals surface area contributed by atoms with E-state index in [1.54, 1.807) is 29.6 Å². The molecule has 22 heavy (non-hydrogen) atoms. The molecule has 2 aromatic rings. The molecule has 1 atom stereocenters. The molecule has 2 aromatic heterocycles. The Morgan fingerprint density at radius 2 is 2.14 bits per heavy atom. The first kappa shape index (κ1) is 15.7. The summed E-state index contributed by atoms with van der Waals surface area (Å²) < 4.78 is 0. The van der Waals surface area contributed by atoms with Crippen LogP contribution in [-0.2, 0) is 5.41 Å². The highest BCUT2D eigenvalue weighted by molar-refractivity contribution is 7.12. The zero-order valence-electron chi connectivity index (χ0n) is 12.7. The molecule has 5 heteroatoms. The molecular weight excluding hydrogens is 314 g/mol. The van der Waals surface area contributed by atoms with E-state index in [1.807, 2.05) is 22.9 Å². The standard InChI is InChI=1S/C17H21NO2S2/c1-12(19)14-4-5-15(22-14)17(7-2-3-8-17)11-18-16(20)13-6-9-21-10-13/h4-6,9-10,12,19H,2-3,7-8,11H2,1H3,(H,18,20)/t12-/m1/s1. The SMILES string of the molecule is C[C@@H](O)c1ccc(C2(CNC(=O)c3ccsc3)CCCC2)s1. The van der Waals surface area contributed by atoms with Crippen molar-refractivity contribution in [3.05, 3.63) is 44.3 Å². The summed E-state index contributed by atoms with van der Waals surface area (Å²) in [5.41, 5.74) is 0.790. The van der Waals surface area contributed by atoms with Crippen molar-refractivity contribution >= 4 is 28.6 Å². The minimum Gasteiger partial charge on any atom is -0.388 e. The maximum Gasteiger partial charge on any atom is 0.252 e. The predicted octanol–water partition coefficient (Wildman–Crippen LogP) is 4.10. The van der Waals surface area contributed by atoms with Crippen LogP contribution in [0.25, 0.3) is 0 Å². The lowest BCUT2D eigenvalue weighted by atomic mass is 9.84. The van der Waals surface area contributed by atoms with E-state index in [2.05, 4.69) is 11.4 Å². The van der Waals surface area contributed by atoms with Gasteiger partial charge in [0.05, 0.1) is 6.10 Å². The summed E-state index contributed by atoms with van der Waals surface area (Å²) in [5, 5.41) is 16.7. The van der Waals surface area contributed by atoms with Gasteiger partial charge in [0.1, 0.15) is 0 Å². The van der Waals surface area contributed by atoms with Crippen LogP contribution in [0, 0.1) is 0 Å². The van der Waals surface area contributed by atoms with E-state index >= 15 is 0 Å². The second-order valence-corrected chi connectivity index (χ2v) is 7.96. The second-order valence-electron chi connectivity index (χ2n) is 6.06. The smallest absolute Gasteiger partial charge is 0.252 e. The van der Waals surface area contributed by atoms with Gasteiger partial charge in [-0.25, -0.2) is 0 Å². The highest BCUT2D eigenvalue weighted by atomic mass is 32.1. The van der Waals surface area contributed by atoms with Crippen molar-refractivity contribution in [1.82, 2.24) is 5.32 Å². The van der Waals surface area contributed by atoms with Gasteiger partial charge in [-0.1, -0.05) is 12.8 Å². The number of aliphatic hydroxyl groups excluding tert-OH is 1. The van der Waals surface area contributed by atoms with Crippen LogP contribution in [0.3, 0.4) is 0 Å². The van der Waals surface area contributed by atoms with E-state index in [9.17, 15) is 9.90 Å². The molecule has 2 heterocycles. The van der Waals surface area contributed by atoms with Gasteiger partial charge in [-0.2, -0.15) is 11.3 Å². The number of thiophene rings is 2. The zero-order valence-corrected chi connectivity index (χ0v) is 14.3. The van der Waals surface area contributed by atoms with Crippen LogP contribution in [0.15, 0.2) is 29.0 Å². The molecule has 1 fully saturated rings. The lowest BCUT2D eigenvalue weighted by molar-refractivity contribution is 0.0944. The number of hydrogen-bond donors (Lipinski definition) is 2. The van der Waals surface area contributed by atoms with Gasteiger partial charge in [0.25, 0.3) is 5.91 Å². The van der Waals surface area contributed by atoms with Crippen molar-refractivity contribution in [3.8, 4) is 0 Å². The summed E-state index contributed by atoms with van der Waals surface area (Å²) in [5.74, 6) is 0.0137. The third-order valence-corrected chi connectivity index (χ3v) is 6.68. The van der Waals surface area contributed by atoms with Crippen LogP contribution in [0.2, 0.25) is 0 Å². The Bertz CT molecular complexity index is 625. The Labute approximate surface area is 139 Å². The van der Waals surface area contributed by atoms with Crippen LogP contribution in [0.4, 0.5) is 0 Å². The van der Waals surface area contributed by atoms with Gasteiger partial charge >= 0.3 is 0 Å². The lowest BCUT2D eigenvalue weighted by Crippen LogP contribution is -2.38. The highest BCUT2D eigenvalue weighted by Gasteiger charge is 2.37. The van der Waals surface area contributed by atoms with Crippen molar-refractivity contribution in [1.29, 1.82) is 0 Å². The van der Waals surface area contributed by atoms with Crippen molar-refractivity contribution in [2.45, 2.75) is 44.1 Å². The molecule has 1 saturated carbocycles. The first-order valence-corrected chi connectivity index (χ1v) is 9.45. The van der Waals surface area contributed by atoms with Gasteiger partial charge in [-0.3, -0.25) is 4.79 Å². The lowest BCUT2D eigenvalue weighted by Gasteiger charge is -2.28. The van der Waals surface area contributed by atoms with Crippen molar-refractivity contribution < 1.29 is 9.90 Å². The topological polar surface area (TPSA) is 49.3 Å². The molecule has 0 spiro atoms. The molecule has 0 bridgehead atoms. The Hall–Kier alpha value is -1.17. The van der Waals surface area contributed by atoms with Crippen LogP contribution >= 0.6 is 22.7 Å². The average Bonchev–Trinajstić information content (AvgIpc) is 3.24. The number of rotatable bonds is 5. The molecule has 1 aliphatic rings. The number of aliphatic hydroxyl groups is 1. The first-order chi connectivity index (χ1) is 10.6. The average molecular weight is 335 g/mol. The van der Waals surface area contributed by atoms with Crippen molar-refractivity contribution in [3.63, 3.8) is 0 Å². The molecule has 3 rings (SSSR count). The fraction of sp³-hybridized carbons (Fsp3) is 0.471. The summed E-state index contributed by atoms with van der Waals surface area (Å²) in [7, 11) is 0. The third kappa shape index (κ3) is 3.12. The van der Waals surface area contributed by atoms with E-state index in [1.165, 1.54) is 17.7 Å². The number of hydrogen-bond acceptors (Lipinski definition) is 4. The number of amides is 1. The Morgan fingerprint density at radius 3 is 2.73 bits per heavy atom. The maximum atomic E-state index is 12.2. The monoisotopic (exact) mass is 335 g/mol. The van der Waals surface area contributed by atoms with Gasteiger partial charge in [0.15, 0.2) is 0 Å². The second kappa shape index (κ2) is 6.52. The highest BCUT2D eigenvalue weighted by Crippen LogP contribution is 2.44. The molecule has 0 radical (unpaired) electrons. The number of carbonyl (C=O) groups is 1. The fourth-order valence-corrected chi connectivity index (χ4v) is 5.00. The molecular formula is C17H21NO2S2. The van der Waals surface area contributed by atoms with Gasteiger partial charge < -0.3 is 10.4 Å². The van der Waals surface area contributed by atoms with Crippen LogP contribution in [-0.4, -0.2) is 17.6 Å². The van der Waals surface area contributed by atoms with Crippen molar-refractivity contribution in [2.24, 2.45) is 0 Å². The molecule has 0 saturated heterocycles. The van der Waals surface area contributed by atoms with Crippen LogP contribution in [0.5, 0.6) is 0 Å². The Morgan fingerprint density at radius 1 is 1.36 bits per heavy atom. The minimum absolute atomic E-state index is 0.0137. The molecule has 0 aliphatic heterocycles. The van der Waals surface area contributed by atoms with E-state index in [0.717, 1.165) is 23.3 Å². The summed E-state index contributed by atoms with van der Waals surface area (Å²) in [6.45, 7) is 2.48. The van der Waals surface area contributed by atoms with Crippen LogP contribution < -0.4 is 5.32 Å². The van der Waals surface area contributed by atoms with Gasteiger partial charge in [-0.05, 0) is 43.3 Å². The Kier molecular flexibility index (Phi) is 4.66. The molecule has 0 unspecified atom stereocenters. The summed E-state index contributed by atoms with van der Waals surface area (Å²) in [4.78, 5) is 14.5. The number of nitrogens with one attached hydrogen (secondary N) is 1. The quantitative estimate of drug-likeness (QED) is 0.864. The van der Waals surface area contributed by atoms with Gasteiger partial charge in [0.2, 0.25) is 0 Å². The Balaban J connectivity index is 1.75. The minimum atomic E-state index is -0.419. The molecule has 3 nitrogen and oxygen atoms in total. The molecule has 1 amide bonds. The van der Waals surface area contributed by atoms with E-state index < -0.39 is 6.10 Å². The zero-order chi connectivity index (χ0) is 15.6. The van der Waals surface area contributed by atoms with Gasteiger partial charge in [0, 0.05) is 32.7 Å². The third-order valence-electron chi connectivity index (χ3n) is 4.49. The molecule has 2 N–H and O–H groups in total. The first-order valence-electron chi connectivity index (χ1n) is 7.69.